The van der Waals surface area contributed by atoms with E-state index in [4.69, 9.17) is 4.74 Å². The number of hydrogen-bond acceptors (Lipinski definition) is 5. The molecule has 0 aromatic heterocycles. The maximum atomic E-state index is 12.2. The first kappa shape index (κ1) is 15.9. The monoisotopic (exact) mass is 301 g/mol. The van der Waals surface area contributed by atoms with E-state index in [0.717, 1.165) is 24.2 Å². The predicted molar refractivity (Wildman–Crippen MR) is 84.1 cm³/mol. The van der Waals surface area contributed by atoms with Crippen LogP contribution in [0, 0.1) is 5.92 Å². The Morgan fingerprint density at radius 3 is 2.45 bits per heavy atom. The molecule has 0 N–H and O–H groups in total. The van der Waals surface area contributed by atoms with Crippen LogP contribution < -0.4 is 4.74 Å². The summed E-state index contributed by atoms with van der Waals surface area (Å²) in [5.41, 5.74) is 0.844. The number of aliphatic imine (C=N–C) groups is 1. The van der Waals surface area contributed by atoms with Crippen molar-refractivity contribution < 1.29 is 19.1 Å². The number of hydrogen-bond donors (Lipinski definition) is 0. The standard InChI is InChI=1S/C17H19NO4/c1-21-14-8-3-12(4-9-14)5-10-16(19)15(17(20)22-2)11-18-13-6-7-13/h3-5,8-11,13,15H,6-7H2,1-2H3. The number of benzene rings is 1. The second kappa shape index (κ2) is 7.54. The molecule has 1 aromatic carbocycles. The van der Waals surface area contributed by atoms with E-state index >= 15 is 0 Å². The van der Waals surface area contributed by atoms with Gasteiger partial charge in [0.05, 0.1) is 14.2 Å². The van der Waals surface area contributed by atoms with Crippen molar-refractivity contribution in [2.45, 2.75) is 18.9 Å². The summed E-state index contributed by atoms with van der Waals surface area (Å²) in [6.45, 7) is 0. The third-order valence-corrected chi connectivity index (χ3v) is 3.31. The number of carbonyl (C=O) groups is 2. The molecule has 22 heavy (non-hydrogen) atoms. The van der Waals surface area contributed by atoms with Gasteiger partial charge in [-0.1, -0.05) is 18.2 Å². The molecular formula is C17H19NO4. The molecule has 116 valence electrons. The van der Waals surface area contributed by atoms with Crippen LogP contribution in [0.1, 0.15) is 18.4 Å². The van der Waals surface area contributed by atoms with Gasteiger partial charge in [0.1, 0.15) is 5.75 Å². The molecule has 1 saturated carbocycles. The molecule has 2 rings (SSSR count). The van der Waals surface area contributed by atoms with Gasteiger partial charge in [0.2, 0.25) is 0 Å². The molecule has 5 heteroatoms. The lowest BCUT2D eigenvalue weighted by atomic mass is 10.0. The minimum atomic E-state index is -0.972. The topological polar surface area (TPSA) is 65.0 Å². The van der Waals surface area contributed by atoms with Gasteiger partial charge < -0.3 is 9.47 Å². The van der Waals surface area contributed by atoms with Crippen molar-refractivity contribution in [3.05, 3.63) is 35.9 Å². The van der Waals surface area contributed by atoms with E-state index < -0.39 is 11.9 Å². The first-order chi connectivity index (χ1) is 10.6. The molecule has 0 spiro atoms. The molecule has 1 aliphatic carbocycles. The summed E-state index contributed by atoms with van der Waals surface area (Å²) >= 11 is 0. The Kier molecular flexibility index (Phi) is 5.47. The molecule has 0 heterocycles. The summed E-state index contributed by atoms with van der Waals surface area (Å²) < 4.78 is 9.74. The Balaban J connectivity index is 2.04. The third kappa shape index (κ3) is 4.55. The molecule has 1 atom stereocenters. The Labute approximate surface area is 129 Å². The highest BCUT2D eigenvalue weighted by molar-refractivity contribution is 6.17. The van der Waals surface area contributed by atoms with Crippen LogP contribution in [-0.2, 0) is 14.3 Å². The molecule has 1 aliphatic rings. The van der Waals surface area contributed by atoms with Gasteiger partial charge in [-0.3, -0.25) is 14.6 Å². The molecule has 0 saturated heterocycles. The first-order valence-electron chi connectivity index (χ1n) is 7.11. The Morgan fingerprint density at radius 2 is 1.91 bits per heavy atom. The maximum Gasteiger partial charge on any atom is 0.322 e. The second-order valence-corrected chi connectivity index (χ2v) is 5.04. The van der Waals surface area contributed by atoms with Crippen molar-refractivity contribution in [2.75, 3.05) is 14.2 Å². The average molecular weight is 301 g/mol. The zero-order chi connectivity index (χ0) is 15.9. The van der Waals surface area contributed by atoms with Crippen molar-refractivity contribution in [3.63, 3.8) is 0 Å². The maximum absolute atomic E-state index is 12.2. The van der Waals surface area contributed by atoms with Crippen molar-refractivity contribution >= 4 is 24.0 Å². The van der Waals surface area contributed by atoms with Crippen LogP contribution in [-0.4, -0.2) is 38.2 Å². The van der Waals surface area contributed by atoms with Gasteiger partial charge in [-0.15, -0.1) is 0 Å². The predicted octanol–water partition coefficient (Wildman–Crippen LogP) is 2.30. The average Bonchev–Trinajstić information content (AvgIpc) is 3.37. The van der Waals surface area contributed by atoms with Gasteiger partial charge in [0, 0.05) is 12.3 Å². The smallest absolute Gasteiger partial charge is 0.322 e. The summed E-state index contributed by atoms with van der Waals surface area (Å²) in [4.78, 5) is 28.1. The lowest BCUT2D eigenvalue weighted by Crippen LogP contribution is -2.25. The van der Waals surface area contributed by atoms with Crippen LogP contribution in [0.15, 0.2) is 35.3 Å². The van der Waals surface area contributed by atoms with Gasteiger partial charge in [0.15, 0.2) is 11.7 Å². The molecule has 1 unspecified atom stereocenters. The Bertz CT molecular complexity index is 585. The van der Waals surface area contributed by atoms with E-state index in [2.05, 4.69) is 9.73 Å². The molecule has 0 radical (unpaired) electrons. The highest BCUT2D eigenvalue weighted by Gasteiger charge is 2.26. The highest BCUT2D eigenvalue weighted by atomic mass is 16.5. The fraction of sp³-hybridized carbons (Fsp3) is 0.353. The van der Waals surface area contributed by atoms with Crippen molar-refractivity contribution in [3.8, 4) is 5.75 Å². The summed E-state index contributed by atoms with van der Waals surface area (Å²) in [6.07, 6.45) is 6.47. The SMILES string of the molecule is COC(=O)C(C=NC1CC1)C(=O)C=Cc1ccc(OC)cc1. The normalized spacial score (nSPS) is 15.9. The van der Waals surface area contributed by atoms with E-state index in [9.17, 15) is 9.59 Å². The summed E-state index contributed by atoms with van der Waals surface area (Å²) in [5, 5.41) is 0. The molecular weight excluding hydrogens is 282 g/mol. The molecule has 5 nitrogen and oxygen atoms in total. The van der Waals surface area contributed by atoms with Crippen LogP contribution in [0.5, 0.6) is 5.75 Å². The van der Waals surface area contributed by atoms with E-state index in [1.165, 1.54) is 19.4 Å². The fourth-order valence-corrected chi connectivity index (χ4v) is 1.81. The molecule has 1 fully saturated rings. The number of nitrogens with zero attached hydrogens (tertiary/aromatic N) is 1. The number of ketones is 1. The first-order valence-corrected chi connectivity index (χ1v) is 7.11. The Morgan fingerprint density at radius 1 is 1.23 bits per heavy atom. The summed E-state index contributed by atoms with van der Waals surface area (Å²) in [6, 6.07) is 7.51. The molecule has 1 aromatic rings. The minimum Gasteiger partial charge on any atom is -0.497 e. The quantitative estimate of drug-likeness (QED) is 0.335. The minimum absolute atomic E-state index is 0.255. The number of methoxy groups -OCH3 is 2. The lowest BCUT2D eigenvalue weighted by Gasteiger charge is -2.06. The largest absolute Gasteiger partial charge is 0.497 e. The van der Waals surface area contributed by atoms with Gasteiger partial charge in [-0.05, 0) is 36.6 Å². The number of rotatable bonds is 7. The van der Waals surface area contributed by atoms with Gasteiger partial charge in [0.25, 0.3) is 0 Å². The summed E-state index contributed by atoms with van der Waals surface area (Å²) in [7, 11) is 2.86. The lowest BCUT2D eigenvalue weighted by molar-refractivity contribution is -0.145. The van der Waals surface area contributed by atoms with Crippen LogP contribution >= 0.6 is 0 Å². The van der Waals surface area contributed by atoms with E-state index in [1.54, 1.807) is 25.3 Å². The van der Waals surface area contributed by atoms with Crippen molar-refractivity contribution in [1.29, 1.82) is 0 Å². The number of allylic oxidation sites excluding steroid dienone is 1. The molecule has 0 amide bonds. The van der Waals surface area contributed by atoms with Crippen LogP contribution in [0.2, 0.25) is 0 Å². The Hall–Kier alpha value is -2.43. The number of esters is 1. The van der Waals surface area contributed by atoms with E-state index in [-0.39, 0.29) is 11.8 Å². The third-order valence-electron chi connectivity index (χ3n) is 3.31. The number of carbonyl (C=O) groups excluding carboxylic acids is 2. The van der Waals surface area contributed by atoms with Crippen LogP contribution in [0.4, 0.5) is 0 Å². The summed E-state index contributed by atoms with van der Waals surface area (Å²) in [5.74, 6) is -1.16. The van der Waals surface area contributed by atoms with Crippen molar-refractivity contribution in [1.82, 2.24) is 0 Å². The van der Waals surface area contributed by atoms with Crippen LogP contribution in [0.3, 0.4) is 0 Å². The molecule has 0 bridgehead atoms. The zero-order valence-electron chi connectivity index (χ0n) is 12.7. The fourth-order valence-electron chi connectivity index (χ4n) is 1.81. The van der Waals surface area contributed by atoms with Gasteiger partial charge >= 0.3 is 5.97 Å². The highest BCUT2D eigenvalue weighted by Crippen LogP contribution is 2.23. The van der Waals surface area contributed by atoms with E-state index in [0.29, 0.717) is 0 Å². The van der Waals surface area contributed by atoms with Gasteiger partial charge in [-0.2, -0.15) is 0 Å². The van der Waals surface area contributed by atoms with E-state index in [1.807, 2.05) is 12.1 Å². The number of ether oxygens (including phenoxy) is 2. The van der Waals surface area contributed by atoms with Gasteiger partial charge in [-0.25, -0.2) is 0 Å². The van der Waals surface area contributed by atoms with Crippen molar-refractivity contribution in [2.24, 2.45) is 10.9 Å². The second-order valence-electron chi connectivity index (χ2n) is 5.04. The zero-order valence-corrected chi connectivity index (χ0v) is 12.7. The molecule has 0 aliphatic heterocycles. The van der Waals surface area contributed by atoms with Crippen LogP contribution in [0.25, 0.3) is 6.08 Å².